The highest BCUT2D eigenvalue weighted by atomic mass is 16.6. The van der Waals surface area contributed by atoms with Gasteiger partial charge in [-0.15, -0.1) is 0 Å². The first-order chi connectivity index (χ1) is 11.3. The summed E-state index contributed by atoms with van der Waals surface area (Å²) < 4.78 is 5.92. The number of carboxylic acids is 1. The molecule has 8 atom stereocenters. The van der Waals surface area contributed by atoms with E-state index in [1.807, 2.05) is 6.08 Å². The predicted molar refractivity (Wildman–Crippen MR) is 83.7 cm³/mol. The van der Waals surface area contributed by atoms with E-state index in [9.17, 15) is 19.8 Å². The fourth-order valence-corrected chi connectivity index (χ4v) is 7.14. The second-order valence-corrected chi connectivity index (χ2v) is 8.72. The van der Waals surface area contributed by atoms with Crippen LogP contribution < -0.4 is 0 Å². The zero-order valence-corrected chi connectivity index (χ0v) is 13.7. The van der Waals surface area contributed by atoms with Crippen LogP contribution >= 0.6 is 0 Å². The molecule has 0 aromatic carbocycles. The summed E-state index contributed by atoms with van der Waals surface area (Å²) in [5, 5.41) is 20.7. The third-order valence-corrected chi connectivity index (χ3v) is 8.02. The molecule has 5 nitrogen and oxygen atoms in total. The summed E-state index contributed by atoms with van der Waals surface area (Å²) in [4.78, 5) is 25.0. The van der Waals surface area contributed by atoms with Crippen molar-refractivity contribution in [1.29, 1.82) is 0 Å². The molecule has 0 aromatic rings. The zero-order chi connectivity index (χ0) is 17.1. The van der Waals surface area contributed by atoms with Crippen LogP contribution in [0.5, 0.6) is 0 Å². The Labute approximate surface area is 140 Å². The third-order valence-electron chi connectivity index (χ3n) is 8.02. The Morgan fingerprint density at radius 3 is 2.88 bits per heavy atom. The molecule has 128 valence electrons. The summed E-state index contributed by atoms with van der Waals surface area (Å²) in [6.07, 6.45) is 5.83. The van der Waals surface area contributed by atoms with Gasteiger partial charge in [-0.25, -0.2) is 0 Å². The van der Waals surface area contributed by atoms with E-state index in [0.29, 0.717) is 12.3 Å². The van der Waals surface area contributed by atoms with Gasteiger partial charge in [0.05, 0.1) is 12.0 Å². The Bertz CT molecular complexity index is 725. The summed E-state index contributed by atoms with van der Waals surface area (Å²) in [7, 11) is 0. The quantitative estimate of drug-likeness (QED) is 0.567. The standard InChI is InChI=1S/C19H22O5/c1-9-7-18-8-10(9)3-4-11(18)19-6-5-12(20)17(2,16(23)24-19)14(19)13(18)15(21)22/h5-6,10-14,20H,1,3-4,7-8H2,2H3,(H,21,22)/t10-,11+,12+,13+,14+,17+,18-,19+/m1/s1. The van der Waals surface area contributed by atoms with Crippen molar-refractivity contribution >= 4 is 11.9 Å². The van der Waals surface area contributed by atoms with Crippen molar-refractivity contribution in [2.75, 3.05) is 0 Å². The third kappa shape index (κ3) is 1.25. The second-order valence-electron chi connectivity index (χ2n) is 8.72. The van der Waals surface area contributed by atoms with Crippen LogP contribution in [0.1, 0.15) is 32.6 Å². The number of hydrogen-bond acceptors (Lipinski definition) is 4. The molecular formula is C19H22O5. The molecule has 1 saturated heterocycles. The molecule has 5 rings (SSSR count). The van der Waals surface area contributed by atoms with Crippen LogP contribution in [-0.2, 0) is 14.3 Å². The molecule has 1 heterocycles. The maximum absolute atomic E-state index is 12.7. The molecule has 2 N–H and O–H groups in total. The first-order valence-electron chi connectivity index (χ1n) is 8.79. The lowest BCUT2D eigenvalue weighted by Crippen LogP contribution is -2.50. The van der Waals surface area contributed by atoms with Gasteiger partial charge >= 0.3 is 11.9 Å². The van der Waals surface area contributed by atoms with Crippen molar-refractivity contribution in [2.45, 2.75) is 44.3 Å². The van der Waals surface area contributed by atoms with E-state index in [1.54, 1.807) is 13.0 Å². The van der Waals surface area contributed by atoms with Crippen molar-refractivity contribution in [3.63, 3.8) is 0 Å². The van der Waals surface area contributed by atoms with Crippen molar-refractivity contribution in [3.8, 4) is 0 Å². The highest BCUT2D eigenvalue weighted by Gasteiger charge is 2.82. The number of aliphatic hydroxyl groups excluding tert-OH is 1. The number of aliphatic carboxylic acids is 1. The summed E-state index contributed by atoms with van der Waals surface area (Å²) >= 11 is 0. The van der Waals surface area contributed by atoms with E-state index in [-0.39, 0.29) is 5.92 Å². The minimum absolute atomic E-state index is 0.00104. The van der Waals surface area contributed by atoms with Crippen molar-refractivity contribution in [3.05, 3.63) is 24.3 Å². The number of aliphatic hydroxyl groups is 1. The molecule has 24 heavy (non-hydrogen) atoms. The number of carbonyl (C=O) groups is 2. The molecule has 1 aliphatic heterocycles. The summed E-state index contributed by atoms with van der Waals surface area (Å²) in [6, 6.07) is 0. The lowest BCUT2D eigenvalue weighted by molar-refractivity contribution is -0.161. The largest absolute Gasteiger partial charge is 0.481 e. The second kappa shape index (κ2) is 3.96. The number of carboxylic acid groups (broad SMARTS) is 1. The molecule has 0 aromatic heterocycles. The smallest absolute Gasteiger partial charge is 0.316 e. The van der Waals surface area contributed by atoms with Gasteiger partial charge < -0.3 is 14.9 Å². The summed E-state index contributed by atoms with van der Waals surface area (Å²) in [5.74, 6) is -2.12. The van der Waals surface area contributed by atoms with E-state index in [1.165, 1.54) is 0 Å². The Kier molecular flexibility index (Phi) is 2.42. The van der Waals surface area contributed by atoms with Gasteiger partial charge in [0.25, 0.3) is 0 Å². The van der Waals surface area contributed by atoms with Crippen LogP contribution in [0, 0.1) is 34.5 Å². The van der Waals surface area contributed by atoms with Crippen molar-refractivity contribution in [1.82, 2.24) is 0 Å². The number of esters is 1. The van der Waals surface area contributed by atoms with Gasteiger partial charge in [-0.05, 0) is 50.0 Å². The minimum atomic E-state index is -1.18. The van der Waals surface area contributed by atoms with E-state index in [0.717, 1.165) is 24.8 Å². The summed E-state index contributed by atoms with van der Waals surface area (Å²) in [5.41, 5.74) is -1.30. The van der Waals surface area contributed by atoms with E-state index < -0.39 is 46.3 Å². The molecule has 0 unspecified atom stereocenters. The molecule has 1 spiro atoms. The number of hydrogen-bond donors (Lipinski definition) is 2. The number of carbonyl (C=O) groups excluding carboxylic acids is 1. The van der Waals surface area contributed by atoms with Gasteiger partial charge in [0.2, 0.25) is 0 Å². The Morgan fingerprint density at radius 1 is 1.42 bits per heavy atom. The summed E-state index contributed by atoms with van der Waals surface area (Å²) in [6.45, 7) is 5.88. The number of ether oxygens (including phenoxy) is 1. The monoisotopic (exact) mass is 330 g/mol. The number of fused-ring (bicyclic) bond motifs is 1. The zero-order valence-electron chi connectivity index (χ0n) is 13.7. The van der Waals surface area contributed by atoms with Crippen LogP contribution in [0.2, 0.25) is 0 Å². The first kappa shape index (κ1) is 14.7. The average Bonchev–Trinajstić information content (AvgIpc) is 2.98. The Morgan fingerprint density at radius 2 is 2.17 bits per heavy atom. The van der Waals surface area contributed by atoms with Gasteiger partial charge in [-0.2, -0.15) is 0 Å². The van der Waals surface area contributed by atoms with Crippen molar-refractivity contribution in [2.24, 2.45) is 34.5 Å². The van der Waals surface area contributed by atoms with Crippen LogP contribution in [0.3, 0.4) is 0 Å². The molecule has 0 amide bonds. The maximum atomic E-state index is 12.7. The van der Waals surface area contributed by atoms with Gasteiger partial charge in [-0.1, -0.05) is 18.2 Å². The van der Waals surface area contributed by atoms with E-state index in [2.05, 4.69) is 6.58 Å². The highest BCUT2D eigenvalue weighted by molar-refractivity contribution is 5.86. The maximum Gasteiger partial charge on any atom is 0.316 e. The molecule has 5 heteroatoms. The molecule has 5 aliphatic rings. The first-order valence-corrected chi connectivity index (χ1v) is 8.79. The number of allylic oxidation sites excluding steroid dienone is 1. The molecule has 4 fully saturated rings. The molecule has 4 bridgehead atoms. The van der Waals surface area contributed by atoms with E-state index >= 15 is 0 Å². The van der Waals surface area contributed by atoms with Crippen LogP contribution in [0.25, 0.3) is 0 Å². The molecular weight excluding hydrogens is 308 g/mol. The van der Waals surface area contributed by atoms with E-state index in [4.69, 9.17) is 4.74 Å². The van der Waals surface area contributed by atoms with Gasteiger partial charge in [0.1, 0.15) is 11.0 Å². The van der Waals surface area contributed by atoms with Gasteiger partial charge in [-0.3, -0.25) is 9.59 Å². The topological polar surface area (TPSA) is 83.8 Å². The van der Waals surface area contributed by atoms with Crippen molar-refractivity contribution < 1.29 is 24.5 Å². The van der Waals surface area contributed by atoms with Gasteiger partial charge in [0, 0.05) is 11.8 Å². The molecule has 4 aliphatic carbocycles. The fraction of sp³-hybridized carbons (Fsp3) is 0.684. The van der Waals surface area contributed by atoms with Gasteiger partial charge in [0.15, 0.2) is 0 Å². The Hall–Kier alpha value is -1.62. The highest BCUT2D eigenvalue weighted by Crippen LogP contribution is 2.76. The van der Waals surface area contributed by atoms with Crippen LogP contribution in [-0.4, -0.2) is 33.9 Å². The predicted octanol–water partition coefficient (Wildman–Crippen LogP) is 1.91. The average molecular weight is 330 g/mol. The van der Waals surface area contributed by atoms with Crippen LogP contribution in [0.15, 0.2) is 24.3 Å². The van der Waals surface area contributed by atoms with Crippen LogP contribution in [0.4, 0.5) is 0 Å². The lowest BCUT2D eigenvalue weighted by atomic mass is 9.61. The fourth-order valence-electron chi connectivity index (χ4n) is 7.14. The number of rotatable bonds is 1. The SMILES string of the molecule is C=C1C[C@@]23C[C@H]1CC[C@@H]2[C@]12C=C[C@H](O)[C@](C)(C(=O)O1)[C@@H]2[C@H]3C(=O)O. The molecule has 0 radical (unpaired) electrons. The lowest BCUT2D eigenvalue weighted by Gasteiger charge is -2.42. The molecule has 3 saturated carbocycles. The Balaban J connectivity index is 1.78. The minimum Gasteiger partial charge on any atom is -0.481 e. The normalized spacial score (nSPS) is 56.8.